The Labute approximate surface area is 118 Å². The average molecular weight is 325 g/mol. The van der Waals surface area contributed by atoms with Crippen molar-refractivity contribution in [3.63, 3.8) is 0 Å². The van der Waals surface area contributed by atoms with E-state index >= 15 is 0 Å². The van der Waals surface area contributed by atoms with Gasteiger partial charge in [-0.1, -0.05) is 6.07 Å². The first-order valence-electron chi connectivity index (χ1n) is 5.85. The first-order chi connectivity index (χ1) is 8.83. The number of aromatic nitrogens is 2. The molecule has 18 heavy (non-hydrogen) atoms. The number of halogens is 1. The van der Waals surface area contributed by atoms with E-state index in [2.05, 4.69) is 41.8 Å². The number of pyridine rings is 1. The Kier molecular flexibility index (Phi) is 3.47. The first-order valence-corrected chi connectivity index (χ1v) is 7.52. The first kappa shape index (κ1) is 11.9. The number of rotatable bonds is 2. The summed E-state index contributed by atoms with van der Waals surface area (Å²) in [6, 6.07) is 6.05. The van der Waals surface area contributed by atoms with Crippen LogP contribution in [0.3, 0.4) is 0 Å². The molecule has 0 bridgehead atoms. The van der Waals surface area contributed by atoms with Crippen molar-refractivity contribution in [2.24, 2.45) is 0 Å². The van der Waals surface area contributed by atoms with Crippen molar-refractivity contribution >= 4 is 38.2 Å². The summed E-state index contributed by atoms with van der Waals surface area (Å²) in [6.07, 6.45) is 1.85. The summed E-state index contributed by atoms with van der Waals surface area (Å²) in [7, 11) is 0. The van der Waals surface area contributed by atoms with Gasteiger partial charge >= 0.3 is 0 Å². The Morgan fingerprint density at radius 3 is 2.50 bits per heavy atom. The number of nitrogens with zero attached hydrogens (tertiary/aromatic N) is 4. The van der Waals surface area contributed by atoms with Gasteiger partial charge in [0, 0.05) is 37.8 Å². The Hall–Kier alpha value is -1.14. The molecule has 3 rings (SSSR count). The third-order valence-electron chi connectivity index (χ3n) is 2.99. The fourth-order valence-corrected chi connectivity index (χ4v) is 3.36. The third-order valence-corrected chi connectivity index (χ3v) is 4.60. The zero-order valence-corrected chi connectivity index (χ0v) is 12.2. The van der Waals surface area contributed by atoms with Gasteiger partial charge in [-0.05, 0) is 28.1 Å². The molecule has 3 heterocycles. The number of piperazine rings is 1. The lowest BCUT2D eigenvalue weighted by Crippen LogP contribution is -2.46. The summed E-state index contributed by atoms with van der Waals surface area (Å²) in [4.78, 5) is 13.5. The second kappa shape index (κ2) is 5.24. The molecule has 0 saturated carbocycles. The lowest BCUT2D eigenvalue weighted by atomic mass is 10.3. The van der Waals surface area contributed by atoms with E-state index < -0.39 is 0 Å². The van der Waals surface area contributed by atoms with E-state index in [-0.39, 0.29) is 0 Å². The molecule has 0 radical (unpaired) electrons. The maximum Gasteiger partial charge on any atom is 0.186 e. The lowest BCUT2D eigenvalue weighted by molar-refractivity contribution is 0.646. The molecule has 4 nitrogen and oxygen atoms in total. The van der Waals surface area contributed by atoms with Crippen molar-refractivity contribution in [3.05, 3.63) is 34.4 Å². The molecular weight excluding hydrogens is 312 g/mol. The van der Waals surface area contributed by atoms with Gasteiger partial charge in [0.15, 0.2) is 5.13 Å². The second-order valence-corrected chi connectivity index (χ2v) is 5.76. The molecule has 1 fully saturated rings. The quantitative estimate of drug-likeness (QED) is 0.850. The zero-order valence-electron chi connectivity index (χ0n) is 9.79. The summed E-state index contributed by atoms with van der Waals surface area (Å²) in [5, 5.41) is 3.13. The third kappa shape index (κ3) is 2.49. The van der Waals surface area contributed by atoms with Gasteiger partial charge in [0.05, 0.1) is 0 Å². The van der Waals surface area contributed by atoms with E-state index in [9.17, 15) is 0 Å². The van der Waals surface area contributed by atoms with E-state index in [1.54, 1.807) is 11.3 Å². The molecule has 1 aliphatic rings. The Morgan fingerprint density at radius 2 is 1.89 bits per heavy atom. The number of anilines is 2. The fraction of sp³-hybridized carbons (Fsp3) is 0.333. The molecule has 0 spiro atoms. The van der Waals surface area contributed by atoms with Gasteiger partial charge in [0.1, 0.15) is 10.4 Å². The molecule has 0 unspecified atom stereocenters. The zero-order chi connectivity index (χ0) is 12.4. The summed E-state index contributed by atoms with van der Waals surface area (Å²) in [6.45, 7) is 3.98. The van der Waals surface area contributed by atoms with E-state index in [4.69, 9.17) is 0 Å². The highest BCUT2D eigenvalue weighted by Crippen LogP contribution is 2.25. The topological polar surface area (TPSA) is 32.3 Å². The summed E-state index contributed by atoms with van der Waals surface area (Å²) < 4.78 is 0.926. The molecule has 0 atom stereocenters. The van der Waals surface area contributed by atoms with E-state index in [0.29, 0.717) is 0 Å². The fourth-order valence-electron chi connectivity index (χ4n) is 2.06. The predicted octanol–water partition coefficient (Wildman–Crippen LogP) is 2.63. The molecule has 6 heteroatoms. The van der Waals surface area contributed by atoms with Gasteiger partial charge in [-0.25, -0.2) is 9.97 Å². The minimum Gasteiger partial charge on any atom is -0.353 e. The highest BCUT2D eigenvalue weighted by atomic mass is 79.9. The SMILES string of the molecule is Brc1csc(N2CCN(c3ccccn3)CC2)n1. The minimum absolute atomic E-state index is 0.926. The summed E-state index contributed by atoms with van der Waals surface area (Å²) >= 11 is 5.09. The molecule has 0 amide bonds. The smallest absolute Gasteiger partial charge is 0.186 e. The van der Waals surface area contributed by atoms with E-state index in [1.165, 1.54) is 0 Å². The highest BCUT2D eigenvalue weighted by molar-refractivity contribution is 9.10. The van der Waals surface area contributed by atoms with Crippen LogP contribution >= 0.6 is 27.3 Å². The van der Waals surface area contributed by atoms with Crippen LogP contribution in [0.4, 0.5) is 10.9 Å². The highest BCUT2D eigenvalue weighted by Gasteiger charge is 2.19. The van der Waals surface area contributed by atoms with Crippen molar-refractivity contribution in [3.8, 4) is 0 Å². The molecule has 94 valence electrons. The van der Waals surface area contributed by atoms with Crippen LogP contribution in [-0.4, -0.2) is 36.1 Å². The molecule has 1 aliphatic heterocycles. The maximum atomic E-state index is 4.46. The number of thiazole rings is 1. The number of hydrogen-bond donors (Lipinski definition) is 0. The van der Waals surface area contributed by atoms with Crippen molar-refractivity contribution in [2.45, 2.75) is 0 Å². The van der Waals surface area contributed by atoms with Crippen LogP contribution in [0.1, 0.15) is 0 Å². The minimum atomic E-state index is 0.926. The largest absolute Gasteiger partial charge is 0.353 e. The Morgan fingerprint density at radius 1 is 1.11 bits per heavy atom. The molecule has 1 saturated heterocycles. The van der Waals surface area contributed by atoms with Gasteiger partial charge < -0.3 is 9.80 Å². The predicted molar refractivity (Wildman–Crippen MR) is 78.5 cm³/mol. The van der Waals surface area contributed by atoms with Gasteiger partial charge in [-0.2, -0.15) is 0 Å². The molecule has 0 N–H and O–H groups in total. The van der Waals surface area contributed by atoms with Gasteiger partial charge in [-0.3, -0.25) is 0 Å². The van der Waals surface area contributed by atoms with Crippen molar-refractivity contribution < 1.29 is 0 Å². The maximum absolute atomic E-state index is 4.46. The van der Waals surface area contributed by atoms with Gasteiger partial charge in [0.2, 0.25) is 0 Å². The van der Waals surface area contributed by atoms with Crippen LogP contribution in [0.5, 0.6) is 0 Å². The van der Waals surface area contributed by atoms with Crippen LogP contribution in [0, 0.1) is 0 Å². The van der Waals surface area contributed by atoms with Crippen LogP contribution in [0.2, 0.25) is 0 Å². The normalized spacial score (nSPS) is 16.1. The Bertz CT molecular complexity index is 508. The molecule has 2 aromatic rings. The van der Waals surface area contributed by atoms with Crippen LogP contribution in [0.15, 0.2) is 34.4 Å². The monoisotopic (exact) mass is 324 g/mol. The molecule has 0 aromatic carbocycles. The van der Waals surface area contributed by atoms with E-state index in [0.717, 1.165) is 41.7 Å². The van der Waals surface area contributed by atoms with Crippen LogP contribution in [-0.2, 0) is 0 Å². The Balaban J connectivity index is 1.65. The summed E-state index contributed by atoms with van der Waals surface area (Å²) in [5.41, 5.74) is 0. The van der Waals surface area contributed by atoms with E-state index in [1.807, 2.05) is 23.7 Å². The second-order valence-electron chi connectivity index (χ2n) is 4.11. The summed E-state index contributed by atoms with van der Waals surface area (Å²) in [5.74, 6) is 1.07. The van der Waals surface area contributed by atoms with Crippen molar-refractivity contribution in [2.75, 3.05) is 36.0 Å². The van der Waals surface area contributed by atoms with Crippen molar-refractivity contribution in [1.29, 1.82) is 0 Å². The van der Waals surface area contributed by atoms with Gasteiger partial charge in [0.25, 0.3) is 0 Å². The lowest BCUT2D eigenvalue weighted by Gasteiger charge is -2.35. The molecule has 0 aliphatic carbocycles. The van der Waals surface area contributed by atoms with Gasteiger partial charge in [-0.15, -0.1) is 11.3 Å². The number of hydrogen-bond acceptors (Lipinski definition) is 5. The molecule has 2 aromatic heterocycles. The molecular formula is C12H13BrN4S. The average Bonchev–Trinajstić information content (AvgIpc) is 2.87. The standard InChI is InChI=1S/C12H13BrN4S/c13-10-9-18-12(15-10)17-7-5-16(6-8-17)11-3-1-2-4-14-11/h1-4,9H,5-8H2. The van der Waals surface area contributed by atoms with Crippen LogP contribution < -0.4 is 9.80 Å². The van der Waals surface area contributed by atoms with Crippen LogP contribution in [0.25, 0.3) is 0 Å². The van der Waals surface area contributed by atoms with Crippen molar-refractivity contribution in [1.82, 2.24) is 9.97 Å².